The number of halogens is 4. The highest BCUT2D eigenvalue weighted by molar-refractivity contribution is 6.33. The molecule has 2 N–H and O–H groups in total. The molecule has 30 heavy (non-hydrogen) atoms. The summed E-state index contributed by atoms with van der Waals surface area (Å²) in [6.07, 6.45) is -0.505. The molecule has 0 radical (unpaired) electrons. The van der Waals surface area contributed by atoms with Gasteiger partial charge in [0.05, 0.1) is 16.3 Å². The molecule has 0 bridgehead atoms. The number of rotatable bonds is 5. The molecule has 3 rings (SSSR count). The van der Waals surface area contributed by atoms with E-state index in [0.29, 0.717) is 6.42 Å². The zero-order valence-corrected chi connectivity index (χ0v) is 17.7. The van der Waals surface area contributed by atoms with Gasteiger partial charge in [0.25, 0.3) is 0 Å². The van der Waals surface area contributed by atoms with Gasteiger partial charge in [-0.3, -0.25) is 4.79 Å². The van der Waals surface area contributed by atoms with Crippen molar-refractivity contribution in [2.45, 2.75) is 58.3 Å². The first-order valence-electron chi connectivity index (χ1n) is 9.79. The van der Waals surface area contributed by atoms with Gasteiger partial charge in [0, 0.05) is 17.9 Å². The molecule has 0 saturated carbocycles. The van der Waals surface area contributed by atoms with Gasteiger partial charge < -0.3 is 10.6 Å². The van der Waals surface area contributed by atoms with Crippen LogP contribution in [0.5, 0.6) is 0 Å². The zero-order valence-electron chi connectivity index (χ0n) is 17.0. The van der Waals surface area contributed by atoms with Crippen LogP contribution in [0, 0.1) is 12.8 Å². The number of hydrogen-bond acceptors (Lipinski definition) is 4. The number of anilines is 1. The molecule has 0 spiro atoms. The molecule has 0 fully saturated rings. The Morgan fingerprint density at radius 1 is 1.30 bits per heavy atom. The lowest BCUT2D eigenvalue weighted by atomic mass is 9.92. The fourth-order valence-electron chi connectivity index (χ4n) is 3.53. The van der Waals surface area contributed by atoms with Crippen LogP contribution in [0.3, 0.4) is 0 Å². The number of benzene rings is 1. The third-order valence-corrected chi connectivity index (χ3v) is 5.49. The Kier molecular flexibility index (Phi) is 6.55. The molecular weight excluding hydrogens is 417 g/mol. The van der Waals surface area contributed by atoms with E-state index in [9.17, 15) is 18.0 Å². The average Bonchev–Trinajstić information content (AvgIpc) is 2.66. The summed E-state index contributed by atoms with van der Waals surface area (Å²) in [6.45, 7) is 5.57. The van der Waals surface area contributed by atoms with Gasteiger partial charge in [-0.15, -0.1) is 0 Å². The van der Waals surface area contributed by atoms with Gasteiger partial charge in [-0.05, 0) is 55.9 Å². The summed E-state index contributed by atoms with van der Waals surface area (Å²) in [5.74, 6) is 0.404. The number of fused-ring (bicyclic) bond motifs is 1. The van der Waals surface area contributed by atoms with Gasteiger partial charge in [0.1, 0.15) is 11.9 Å². The van der Waals surface area contributed by atoms with Crippen molar-refractivity contribution in [2.75, 3.05) is 5.32 Å². The molecule has 162 valence electrons. The summed E-state index contributed by atoms with van der Waals surface area (Å²) in [5, 5.41) is 5.98. The quantitative estimate of drug-likeness (QED) is 0.714. The maximum Gasteiger partial charge on any atom is 0.416 e. The van der Waals surface area contributed by atoms with Crippen LogP contribution in [-0.4, -0.2) is 28.0 Å². The maximum absolute atomic E-state index is 12.9. The minimum absolute atomic E-state index is 0.0533. The van der Waals surface area contributed by atoms with Gasteiger partial charge in [-0.1, -0.05) is 25.4 Å². The van der Waals surface area contributed by atoms with E-state index >= 15 is 0 Å². The van der Waals surface area contributed by atoms with E-state index in [1.165, 1.54) is 6.07 Å². The average molecular weight is 441 g/mol. The molecule has 0 saturated heterocycles. The SMILES string of the molecule is Cc1ncc2c(n1)CCC(NC(=O)C(Nc1ccc(C(F)(F)F)cc1Cl)C(C)C)C2. The standard InChI is InChI=1S/C21H24ClF3N4O/c1-11(2)19(29-18-6-4-14(9-16(18)22)21(23,24)25)20(30)28-15-5-7-17-13(8-15)10-26-12(3)27-17/h4,6,9-11,15,19,29H,5,7-8H2,1-3H3,(H,28,30). The summed E-state index contributed by atoms with van der Waals surface area (Å²) >= 11 is 6.04. The Balaban J connectivity index is 1.69. The molecule has 2 atom stereocenters. The Morgan fingerprint density at radius 2 is 2.03 bits per heavy atom. The molecule has 2 unspecified atom stereocenters. The molecule has 0 aliphatic heterocycles. The monoisotopic (exact) mass is 440 g/mol. The lowest BCUT2D eigenvalue weighted by molar-refractivity contribution is -0.137. The van der Waals surface area contributed by atoms with Crippen molar-refractivity contribution in [1.82, 2.24) is 15.3 Å². The number of aryl methyl sites for hydroxylation is 2. The van der Waals surface area contributed by atoms with E-state index in [2.05, 4.69) is 20.6 Å². The minimum atomic E-state index is -4.48. The first kappa shape index (κ1) is 22.3. The second-order valence-corrected chi connectivity index (χ2v) is 8.30. The Labute approximate surface area is 178 Å². The van der Waals surface area contributed by atoms with Crippen LogP contribution in [0.4, 0.5) is 18.9 Å². The summed E-state index contributed by atoms with van der Waals surface area (Å²) in [5.41, 5.74) is 1.50. The highest BCUT2D eigenvalue weighted by Gasteiger charge is 2.32. The van der Waals surface area contributed by atoms with Crippen molar-refractivity contribution in [3.63, 3.8) is 0 Å². The zero-order chi connectivity index (χ0) is 22.1. The van der Waals surface area contributed by atoms with Crippen LogP contribution in [-0.2, 0) is 23.8 Å². The first-order chi connectivity index (χ1) is 14.0. The van der Waals surface area contributed by atoms with E-state index in [4.69, 9.17) is 11.6 Å². The summed E-state index contributed by atoms with van der Waals surface area (Å²) in [7, 11) is 0. The largest absolute Gasteiger partial charge is 0.416 e. The number of alkyl halides is 3. The number of nitrogens with one attached hydrogen (secondary N) is 2. The summed E-state index contributed by atoms with van der Waals surface area (Å²) < 4.78 is 38.6. The number of amides is 1. The highest BCUT2D eigenvalue weighted by Crippen LogP contribution is 2.34. The second-order valence-electron chi connectivity index (χ2n) is 7.90. The first-order valence-corrected chi connectivity index (χ1v) is 10.2. The van der Waals surface area contributed by atoms with Crippen LogP contribution < -0.4 is 10.6 Å². The van der Waals surface area contributed by atoms with E-state index in [1.807, 2.05) is 20.8 Å². The molecule has 1 aliphatic carbocycles. The second kappa shape index (κ2) is 8.79. The van der Waals surface area contributed by atoms with E-state index in [0.717, 1.165) is 42.1 Å². The van der Waals surface area contributed by atoms with Crippen LogP contribution in [0.25, 0.3) is 0 Å². The maximum atomic E-state index is 12.9. The van der Waals surface area contributed by atoms with Crippen LogP contribution in [0.1, 0.15) is 42.9 Å². The lowest BCUT2D eigenvalue weighted by Crippen LogP contribution is -2.48. The number of carbonyl (C=O) groups is 1. The molecule has 1 amide bonds. The fraction of sp³-hybridized carbons (Fsp3) is 0.476. The van der Waals surface area contributed by atoms with Crippen molar-refractivity contribution < 1.29 is 18.0 Å². The number of carbonyl (C=O) groups excluding carboxylic acids is 1. The van der Waals surface area contributed by atoms with E-state index in [1.54, 1.807) is 6.20 Å². The Hall–Kier alpha value is -2.35. The summed E-state index contributed by atoms with van der Waals surface area (Å²) in [6, 6.07) is 2.37. The molecule has 2 aromatic rings. The molecule has 9 heteroatoms. The van der Waals surface area contributed by atoms with Gasteiger partial charge in [0.15, 0.2) is 0 Å². The molecule has 1 aromatic heterocycles. The Morgan fingerprint density at radius 3 is 2.67 bits per heavy atom. The molecule has 1 aromatic carbocycles. The fourth-order valence-corrected chi connectivity index (χ4v) is 3.77. The van der Waals surface area contributed by atoms with Crippen molar-refractivity contribution >= 4 is 23.2 Å². The third kappa shape index (κ3) is 5.22. The van der Waals surface area contributed by atoms with Gasteiger partial charge in [-0.25, -0.2) is 9.97 Å². The minimum Gasteiger partial charge on any atom is -0.372 e. The topological polar surface area (TPSA) is 66.9 Å². The number of nitrogens with zero attached hydrogens (tertiary/aromatic N) is 2. The van der Waals surface area contributed by atoms with Gasteiger partial charge in [-0.2, -0.15) is 13.2 Å². The molecule has 5 nitrogen and oxygen atoms in total. The van der Waals surface area contributed by atoms with Crippen LogP contribution >= 0.6 is 11.6 Å². The van der Waals surface area contributed by atoms with Gasteiger partial charge in [0.2, 0.25) is 5.91 Å². The van der Waals surface area contributed by atoms with E-state index in [-0.39, 0.29) is 28.6 Å². The Bertz CT molecular complexity index is 933. The third-order valence-electron chi connectivity index (χ3n) is 5.17. The van der Waals surface area contributed by atoms with Crippen LogP contribution in [0.2, 0.25) is 5.02 Å². The van der Waals surface area contributed by atoms with Crippen molar-refractivity contribution in [1.29, 1.82) is 0 Å². The van der Waals surface area contributed by atoms with Crippen molar-refractivity contribution in [3.8, 4) is 0 Å². The van der Waals surface area contributed by atoms with Crippen LogP contribution in [0.15, 0.2) is 24.4 Å². The van der Waals surface area contributed by atoms with Crippen molar-refractivity contribution in [3.05, 3.63) is 52.1 Å². The predicted octanol–water partition coefficient (Wildman–Crippen LogP) is 4.57. The lowest BCUT2D eigenvalue weighted by Gasteiger charge is -2.29. The number of aromatic nitrogens is 2. The van der Waals surface area contributed by atoms with Gasteiger partial charge >= 0.3 is 6.18 Å². The molecule has 1 heterocycles. The van der Waals surface area contributed by atoms with E-state index < -0.39 is 17.8 Å². The highest BCUT2D eigenvalue weighted by atomic mass is 35.5. The predicted molar refractivity (Wildman–Crippen MR) is 109 cm³/mol. The number of hydrogen-bond donors (Lipinski definition) is 2. The van der Waals surface area contributed by atoms with Crippen molar-refractivity contribution in [2.24, 2.45) is 5.92 Å². The normalized spacial score (nSPS) is 17.4. The molecule has 1 aliphatic rings. The molecular formula is C21H24ClF3N4O. The summed E-state index contributed by atoms with van der Waals surface area (Å²) in [4.78, 5) is 21.6. The smallest absolute Gasteiger partial charge is 0.372 e.